The zero-order valence-electron chi connectivity index (χ0n) is 12.6. The molecule has 1 saturated carbocycles. The molecule has 1 fully saturated rings. The highest BCUT2D eigenvalue weighted by molar-refractivity contribution is 5.79. The Morgan fingerprint density at radius 2 is 2.23 bits per heavy atom. The lowest BCUT2D eigenvalue weighted by Crippen LogP contribution is -2.43. The van der Waals surface area contributed by atoms with E-state index < -0.39 is 11.6 Å². The number of nitrogens with two attached hydrogens (primary N) is 1. The van der Waals surface area contributed by atoms with Gasteiger partial charge in [0.15, 0.2) is 11.6 Å². The van der Waals surface area contributed by atoms with Gasteiger partial charge in [0.05, 0.1) is 6.04 Å². The first-order chi connectivity index (χ1) is 10.5. The first-order valence-corrected chi connectivity index (χ1v) is 7.59. The van der Waals surface area contributed by atoms with Gasteiger partial charge >= 0.3 is 0 Å². The van der Waals surface area contributed by atoms with Gasteiger partial charge in [0.25, 0.3) is 0 Å². The molecule has 1 amide bonds. The van der Waals surface area contributed by atoms with Crippen LogP contribution in [0.4, 0.5) is 8.78 Å². The highest BCUT2D eigenvalue weighted by atomic mass is 19.1. The second kappa shape index (κ2) is 7.54. The normalized spacial score (nSPS) is 22.9. The second-order valence-electron chi connectivity index (χ2n) is 5.92. The molecule has 22 heavy (non-hydrogen) atoms. The number of halogens is 2. The number of carbonyl (C=O) groups excluding carboxylic acids is 1. The molecule has 3 atom stereocenters. The first kappa shape index (κ1) is 16.7. The third kappa shape index (κ3) is 4.66. The number of hydrogen-bond acceptors (Lipinski definition) is 3. The van der Waals surface area contributed by atoms with Crippen molar-refractivity contribution in [3.05, 3.63) is 29.8 Å². The molecule has 4 nitrogen and oxygen atoms in total. The summed E-state index contributed by atoms with van der Waals surface area (Å²) in [5.74, 6) is -1.53. The number of carbonyl (C=O) groups is 1. The maximum absolute atomic E-state index is 13.4. The van der Waals surface area contributed by atoms with Crippen LogP contribution in [0.25, 0.3) is 0 Å². The number of rotatable bonds is 5. The lowest BCUT2D eigenvalue weighted by molar-refractivity contribution is -0.126. The third-order valence-corrected chi connectivity index (χ3v) is 3.86. The van der Waals surface area contributed by atoms with Gasteiger partial charge in [-0.1, -0.05) is 6.42 Å². The maximum atomic E-state index is 13.4. The summed E-state index contributed by atoms with van der Waals surface area (Å²) >= 11 is 0. The van der Waals surface area contributed by atoms with Crippen molar-refractivity contribution in [3.63, 3.8) is 0 Å². The van der Waals surface area contributed by atoms with Gasteiger partial charge in [-0.05, 0) is 38.3 Å². The molecular formula is C16H22F2N2O2. The highest BCUT2D eigenvalue weighted by Gasteiger charge is 2.26. The van der Waals surface area contributed by atoms with Crippen LogP contribution in [0.2, 0.25) is 0 Å². The lowest BCUT2D eigenvalue weighted by atomic mass is 9.85. The standard InChI is InChI=1S/C16H22F2N2O2/c1-10(9-22-15-6-5-12(17)8-14(15)18)20-16(21)11-3-2-4-13(19)7-11/h5-6,8,10-11,13H,2-4,7,9,19H2,1H3,(H,20,21). The van der Waals surface area contributed by atoms with Crippen LogP contribution >= 0.6 is 0 Å². The molecule has 3 N–H and O–H groups in total. The van der Waals surface area contributed by atoms with Crippen LogP contribution in [0.1, 0.15) is 32.6 Å². The van der Waals surface area contributed by atoms with Crippen LogP contribution in [-0.4, -0.2) is 24.6 Å². The van der Waals surface area contributed by atoms with Crippen molar-refractivity contribution in [2.75, 3.05) is 6.61 Å². The van der Waals surface area contributed by atoms with Crippen LogP contribution < -0.4 is 15.8 Å². The molecule has 2 rings (SSSR count). The smallest absolute Gasteiger partial charge is 0.223 e. The number of nitrogens with one attached hydrogen (secondary N) is 1. The van der Waals surface area contributed by atoms with Crippen molar-refractivity contribution in [3.8, 4) is 5.75 Å². The van der Waals surface area contributed by atoms with E-state index in [0.717, 1.165) is 31.4 Å². The van der Waals surface area contributed by atoms with Gasteiger partial charge in [-0.25, -0.2) is 8.78 Å². The van der Waals surface area contributed by atoms with E-state index in [9.17, 15) is 13.6 Å². The predicted octanol–water partition coefficient (Wildman–Crippen LogP) is 2.37. The fraction of sp³-hybridized carbons (Fsp3) is 0.562. The number of benzene rings is 1. The van der Waals surface area contributed by atoms with Gasteiger partial charge in [0, 0.05) is 18.0 Å². The minimum Gasteiger partial charge on any atom is -0.488 e. The van der Waals surface area contributed by atoms with Gasteiger partial charge in [-0.2, -0.15) is 0 Å². The first-order valence-electron chi connectivity index (χ1n) is 7.59. The summed E-state index contributed by atoms with van der Waals surface area (Å²) < 4.78 is 31.5. The van der Waals surface area contributed by atoms with Gasteiger partial charge in [-0.15, -0.1) is 0 Å². The van der Waals surface area contributed by atoms with Crippen LogP contribution in [0.3, 0.4) is 0 Å². The van der Waals surface area contributed by atoms with Crippen LogP contribution in [0, 0.1) is 17.6 Å². The molecule has 6 heteroatoms. The lowest BCUT2D eigenvalue weighted by Gasteiger charge is -2.27. The molecule has 1 aromatic carbocycles. The van der Waals surface area contributed by atoms with E-state index in [0.29, 0.717) is 6.42 Å². The topological polar surface area (TPSA) is 64.3 Å². The van der Waals surface area contributed by atoms with Crippen molar-refractivity contribution in [1.29, 1.82) is 0 Å². The molecule has 122 valence electrons. The summed E-state index contributed by atoms with van der Waals surface area (Å²) in [6.45, 7) is 1.90. The molecular weight excluding hydrogens is 290 g/mol. The van der Waals surface area contributed by atoms with Crippen molar-refractivity contribution < 1.29 is 18.3 Å². The Bertz CT molecular complexity index is 525. The average molecular weight is 312 g/mol. The number of amides is 1. The fourth-order valence-electron chi connectivity index (χ4n) is 2.68. The molecule has 0 spiro atoms. The van der Waals surface area contributed by atoms with E-state index in [1.54, 1.807) is 6.92 Å². The van der Waals surface area contributed by atoms with E-state index >= 15 is 0 Å². The Labute approximate surface area is 129 Å². The summed E-state index contributed by atoms with van der Waals surface area (Å²) in [5, 5.41) is 2.86. The van der Waals surface area contributed by atoms with Crippen LogP contribution in [-0.2, 0) is 4.79 Å². The minimum absolute atomic E-state index is 0.0258. The Balaban J connectivity index is 1.79. The van der Waals surface area contributed by atoms with Gasteiger partial charge in [0.1, 0.15) is 12.4 Å². The quantitative estimate of drug-likeness (QED) is 0.877. The van der Waals surface area contributed by atoms with Crippen molar-refractivity contribution in [1.82, 2.24) is 5.32 Å². The predicted molar refractivity (Wildman–Crippen MR) is 79.4 cm³/mol. The Morgan fingerprint density at radius 1 is 1.45 bits per heavy atom. The van der Waals surface area contributed by atoms with Gasteiger partial charge < -0.3 is 15.8 Å². The summed E-state index contributed by atoms with van der Waals surface area (Å²) in [4.78, 5) is 12.1. The second-order valence-corrected chi connectivity index (χ2v) is 5.92. The number of hydrogen-bond donors (Lipinski definition) is 2. The molecule has 1 aliphatic carbocycles. The minimum atomic E-state index is -0.753. The fourth-order valence-corrected chi connectivity index (χ4v) is 2.68. The van der Waals surface area contributed by atoms with Crippen molar-refractivity contribution >= 4 is 5.91 Å². The molecule has 0 saturated heterocycles. The summed E-state index contributed by atoms with van der Waals surface area (Å²) in [6, 6.07) is 2.95. The molecule has 1 aliphatic rings. The Morgan fingerprint density at radius 3 is 2.91 bits per heavy atom. The zero-order chi connectivity index (χ0) is 16.1. The van der Waals surface area contributed by atoms with Crippen molar-refractivity contribution in [2.24, 2.45) is 11.7 Å². The molecule has 3 unspecified atom stereocenters. The van der Waals surface area contributed by atoms with E-state index in [1.807, 2.05) is 0 Å². The molecule has 0 heterocycles. The van der Waals surface area contributed by atoms with E-state index in [1.165, 1.54) is 6.07 Å². The average Bonchev–Trinajstić information content (AvgIpc) is 2.46. The Kier molecular flexibility index (Phi) is 5.71. The SMILES string of the molecule is CC(COc1ccc(F)cc1F)NC(=O)C1CCCC(N)C1. The summed E-state index contributed by atoms with van der Waals surface area (Å²) in [5.41, 5.74) is 5.88. The molecule has 0 aliphatic heterocycles. The van der Waals surface area contributed by atoms with Gasteiger partial charge in [0.2, 0.25) is 5.91 Å². The molecule has 0 radical (unpaired) electrons. The van der Waals surface area contributed by atoms with E-state index in [2.05, 4.69) is 5.32 Å². The highest BCUT2D eigenvalue weighted by Crippen LogP contribution is 2.23. The molecule has 0 bridgehead atoms. The van der Waals surface area contributed by atoms with Crippen LogP contribution in [0.5, 0.6) is 5.75 Å². The van der Waals surface area contributed by atoms with Crippen molar-refractivity contribution in [2.45, 2.75) is 44.7 Å². The van der Waals surface area contributed by atoms with Crippen LogP contribution in [0.15, 0.2) is 18.2 Å². The van der Waals surface area contributed by atoms with E-state index in [4.69, 9.17) is 10.5 Å². The largest absolute Gasteiger partial charge is 0.488 e. The molecule has 0 aromatic heterocycles. The zero-order valence-corrected chi connectivity index (χ0v) is 12.6. The third-order valence-electron chi connectivity index (χ3n) is 3.86. The number of ether oxygens (including phenoxy) is 1. The molecule has 1 aromatic rings. The Hall–Kier alpha value is -1.69. The monoisotopic (exact) mass is 312 g/mol. The van der Waals surface area contributed by atoms with Gasteiger partial charge in [-0.3, -0.25) is 4.79 Å². The van der Waals surface area contributed by atoms with E-state index in [-0.39, 0.29) is 36.3 Å². The summed E-state index contributed by atoms with van der Waals surface area (Å²) in [6.07, 6.45) is 3.48. The maximum Gasteiger partial charge on any atom is 0.223 e. The summed E-state index contributed by atoms with van der Waals surface area (Å²) in [7, 11) is 0.